The molecule has 22 heavy (non-hydrogen) atoms. The van der Waals surface area contributed by atoms with E-state index in [0.29, 0.717) is 11.3 Å². The van der Waals surface area contributed by atoms with Gasteiger partial charge in [-0.1, -0.05) is 18.2 Å². The van der Waals surface area contributed by atoms with Gasteiger partial charge in [-0.2, -0.15) is 13.2 Å². The Morgan fingerprint density at radius 1 is 1.27 bits per heavy atom. The molecule has 0 aromatic heterocycles. The van der Waals surface area contributed by atoms with Crippen LogP contribution in [0.3, 0.4) is 0 Å². The molecule has 0 radical (unpaired) electrons. The number of benzene rings is 1. The number of para-hydroxylation sites is 1. The molecule has 1 rings (SSSR count). The van der Waals surface area contributed by atoms with Crippen molar-refractivity contribution in [1.82, 2.24) is 5.32 Å². The number of alkyl halides is 3. The Balaban J connectivity index is 2.43. The molecule has 0 atom stereocenters. The Hall–Kier alpha value is -2.51. The number of methoxy groups -OCH3 is 1. The molecule has 8 heteroatoms. The normalized spacial score (nSPS) is 11.3. The van der Waals surface area contributed by atoms with Crippen molar-refractivity contribution in [3.63, 3.8) is 0 Å². The van der Waals surface area contributed by atoms with E-state index in [1.807, 2.05) is 0 Å². The van der Waals surface area contributed by atoms with E-state index in [4.69, 9.17) is 4.74 Å². The number of halogens is 3. The lowest BCUT2D eigenvalue weighted by molar-refractivity contribution is -0.148. The minimum atomic E-state index is -4.51. The number of rotatable bonds is 6. The average Bonchev–Trinajstić information content (AvgIpc) is 2.48. The quantitative estimate of drug-likeness (QED) is 0.643. The summed E-state index contributed by atoms with van der Waals surface area (Å²) >= 11 is 0. The Morgan fingerprint density at radius 3 is 2.59 bits per heavy atom. The van der Waals surface area contributed by atoms with Crippen molar-refractivity contribution in [2.24, 2.45) is 0 Å². The van der Waals surface area contributed by atoms with Gasteiger partial charge in [0.05, 0.1) is 7.11 Å². The summed E-state index contributed by atoms with van der Waals surface area (Å²) in [5.74, 6) is -1.35. The molecule has 1 N–H and O–H groups in total. The highest BCUT2D eigenvalue weighted by Gasteiger charge is 2.27. The van der Waals surface area contributed by atoms with Crippen LogP contribution in [0.25, 0.3) is 6.08 Å². The monoisotopic (exact) mass is 317 g/mol. The van der Waals surface area contributed by atoms with Crippen LogP contribution < -0.4 is 10.1 Å². The lowest BCUT2D eigenvalue weighted by Crippen LogP contribution is -2.36. The molecular formula is C14H14F3NO4. The Bertz CT molecular complexity index is 555. The molecular weight excluding hydrogens is 303 g/mol. The minimum absolute atomic E-state index is 0.537. The topological polar surface area (TPSA) is 64.6 Å². The van der Waals surface area contributed by atoms with Gasteiger partial charge in [-0.15, -0.1) is 0 Å². The summed E-state index contributed by atoms with van der Waals surface area (Å²) in [4.78, 5) is 22.4. The van der Waals surface area contributed by atoms with Gasteiger partial charge in [0.25, 0.3) is 5.91 Å². The highest BCUT2D eigenvalue weighted by molar-refractivity contribution is 5.89. The number of hydrogen-bond donors (Lipinski definition) is 1. The number of esters is 1. The molecule has 1 aromatic carbocycles. The first kappa shape index (κ1) is 17.5. The molecule has 0 saturated heterocycles. The van der Waals surface area contributed by atoms with E-state index in [1.54, 1.807) is 29.6 Å². The fourth-order valence-corrected chi connectivity index (χ4v) is 1.40. The first-order valence-corrected chi connectivity index (χ1v) is 6.13. The summed E-state index contributed by atoms with van der Waals surface area (Å²) in [7, 11) is 1.47. The highest BCUT2D eigenvalue weighted by atomic mass is 19.4. The zero-order valence-electron chi connectivity index (χ0n) is 11.6. The van der Waals surface area contributed by atoms with Gasteiger partial charge in [0.15, 0.2) is 6.61 Å². The van der Waals surface area contributed by atoms with E-state index in [1.165, 1.54) is 13.2 Å². The molecule has 0 unspecified atom stereocenters. The largest absolute Gasteiger partial charge is 0.496 e. The molecule has 0 bridgehead atoms. The number of carbonyl (C=O) groups is 2. The lowest BCUT2D eigenvalue weighted by Gasteiger charge is -2.08. The second-order valence-corrected chi connectivity index (χ2v) is 4.07. The summed E-state index contributed by atoms with van der Waals surface area (Å²) in [5, 5.41) is 1.58. The van der Waals surface area contributed by atoms with Gasteiger partial charge in [-0.3, -0.25) is 4.79 Å². The van der Waals surface area contributed by atoms with Crippen LogP contribution in [0, 0.1) is 0 Å². The standard InChI is InChI=1S/C14H14F3NO4/c1-21-11-5-3-2-4-10(11)6-7-13(20)22-8-12(19)18-9-14(15,16)17/h2-7H,8-9H2,1H3,(H,18,19)/b7-6+. The summed E-state index contributed by atoms with van der Waals surface area (Å²) in [6.07, 6.45) is -2.05. The maximum absolute atomic E-state index is 11.8. The maximum Gasteiger partial charge on any atom is 0.405 e. The Kier molecular flexibility index (Phi) is 6.43. The second kappa shape index (κ2) is 8.06. The van der Waals surface area contributed by atoms with Crippen LogP contribution in [0.1, 0.15) is 5.56 Å². The van der Waals surface area contributed by atoms with Crippen LogP contribution >= 0.6 is 0 Å². The second-order valence-electron chi connectivity index (χ2n) is 4.07. The number of ether oxygens (including phenoxy) is 2. The van der Waals surface area contributed by atoms with Crippen LogP contribution in [0.5, 0.6) is 5.75 Å². The number of carbonyl (C=O) groups excluding carboxylic acids is 2. The van der Waals surface area contributed by atoms with Crippen molar-refractivity contribution in [2.45, 2.75) is 6.18 Å². The van der Waals surface area contributed by atoms with Gasteiger partial charge in [0.1, 0.15) is 12.3 Å². The minimum Gasteiger partial charge on any atom is -0.496 e. The highest BCUT2D eigenvalue weighted by Crippen LogP contribution is 2.18. The van der Waals surface area contributed by atoms with Crippen molar-refractivity contribution >= 4 is 18.0 Å². The van der Waals surface area contributed by atoms with E-state index in [-0.39, 0.29) is 0 Å². The lowest BCUT2D eigenvalue weighted by atomic mass is 10.2. The van der Waals surface area contributed by atoms with Gasteiger partial charge in [0, 0.05) is 11.6 Å². The van der Waals surface area contributed by atoms with Crippen LogP contribution in [0.2, 0.25) is 0 Å². The average molecular weight is 317 g/mol. The van der Waals surface area contributed by atoms with Crippen molar-refractivity contribution in [3.8, 4) is 5.75 Å². The summed E-state index contributed by atoms with van der Waals surface area (Å²) < 4.78 is 45.1. The summed E-state index contributed by atoms with van der Waals surface area (Å²) in [6, 6.07) is 6.87. The van der Waals surface area contributed by atoms with Crippen LogP contribution in [0.15, 0.2) is 30.3 Å². The van der Waals surface area contributed by atoms with E-state index in [9.17, 15) is 22.8 Å². The molecule has 0 heterocycles. The van der Waals surface area contributed by atoms with Crippen molar-refractivity contribution < 1.29 is 32.2 Å². The van der Waals surface area contributed by atoms with Crippen molar-refractivity contribution in [1.29, 1.82) is 0 Å². The predicted molar refractivity (Wildman–Crippen MR) is 72.1 cm³/mol. The molecule has 0 saturated carbocycles. The number of hydrogen-bond acceptors (Lipinski definition) is 4. The van der Waals surface area contributed by atoms with Crippen molar-refractivity contribution in [3.05, 3.63) is 35.9 Å². The zero-order valence-corrected chi connectivity index (χ0v) is 11.6. The molecule has 1 aromatic rings. The molecule has 0 fully saturated rings. The van der Waals surface area contributed by atoms with E-state index in [0.717, 1.165) is 6.08 Å². The smallest absolute Gasteiger partial charge is 0.405 e. The van der Waals surface area contributed by atoms with Gasteiger partial charge >= 0.3 is 12.1 Å². The molecule has 0 spiro atoms. The van der Waals surface area contributed by atoms with Gasteiger partial charge in [-0.25, -0.2) is 4.79 Å². The molecule has 0 aliphatic rings. The zero-order chi connectivity index (χ0) is 16.6. The van der Waals surface area contributed by atoms with E-state index >= 15 is 0 Å². The van der Waals surface area contributed by atoms with Crippen molar-refractivity contribution in [2.75, 3.05) is 20.3 Å². The Labute approximate surface area is 124 Å². The van der Waals surface area contributed by atoms with Crippen LogP contribution in [-0.4, -0.2) is 38.3 Å². The molecule has 0 aliphatic heterocycles. The molecule has 0 aliphatic carbocycles. The number of amides is 1. The first-order valence-electron chi connectivity index (χ1n) is 6.13. The van der Waals surface area contributed by atoms with Crippen LogP contribution in [0.4, 0.5) is 13.2 Å². The third-order valence-corrected chi connectivity index (χ3v) is 2.37. The number of nitrogens with one attached hydrogen (secondary N) is 1. The molecule has 5 nitrogen and oxygen atoms in total. The Morgan fingerprint density at radius 2 is 1.95 bits per heavy atom. The summed E-state index contributed by atoms with van der Waals surface area (Å²) in [5.41, 5.74) is 0.614. The maximum atomic E-state index is 11.8. The third kappa shape index (κ3) is 6.78. The third-order valence-electron chi connectivity index (χ3n) is 2.37. The first-order chi connectivity index (χ1) is 10.3. The van der Waals surface area contributed by atoms with Gasteiger partial charge in [0.2, 0.25) is 0 Å². The molecule has 1 amide bonds. The van der Waals surface area contributed by atoms with Crippen LogP contribution in [-0.2, 0) is 14.3 Å². The van der Waals surface area contributed by atoms with Gasteiger partial charge < -0.3 is 14.8 Å². The fourth-order valence-electron chi connectivity index (χ4n) is 1.40. The summed E-state index contributed by atoms with van der Waals surface area (Å²) in [6.45, 7) is -2.26. The molecule has 120 valence electrons. The van der Waals surface area contributed by atoms with Gasteiger partial charge in [-0.05, 0) is 12.1 Å². The predicted octanol–water partition coefficient (Wildman–Crippen LogP) is 1.93. The SMILES string of the molecule is COc1ccccc1/C=C/C(=O)OCC(=O)NCC(F)(F)F. The fraction of sp³-hybridized carbons (Fsp3) is 0.286. The van der Waals surface area contributed by atoms with E-state index in [2.05, 4.69) is 4.74 Å². The van der Waals surface area contributed by atoms with E-state index < -0.39 is 31.2 Å².